The summed E-state index contributed by atoms with van der Waals surface area (Å²) in [5.74, 6) is -0.337. The number of anilines is 1. The van der Waals surface area contributed by atoms with Crippen molar-refractivity contribution in [2.75, 3.05) is 11.4 Å². The molecule has 5 heteroatoms. The second-order valence-corrected chi connectivity index (χ2v) is 6.75. The lowest BCUT2D eigenvalue weighted by Crippen LogP contribution is -2.48. The molecular weight excluding hydrogens is 368 g/mol. The van der Waals surface area contributed by atoms with E-state index in [1.165, 1.54) is 5.56 Å². The molecule has 0 unspecified atom stereocenters. The van der Waals surface area contributed by atoms with Crippen molar-refractivity contribution in [2.45, 2.75) is 25.8 Å². The number of hydrogen-bond donors (Lipinski definition) is 1. The summed E-state index contributed by atoms with van der Waals surface area (Å²) in [4.78, 5) is 27.0. The van der Waals surface area contributed by atoms with Crippen LogP contribution in [0.4, 0.5) is 5.69 Å². The first-order valence-electron chi connectivity index (χ1n) is 8.02. The Morgan fingerprint density at radius 3 is 2.62 bits per heavy atom. The molecule has 24 heavy (non-hydrogen) atoms. The fourth-order valence-corrected chi connectivity index (χ4v) is 3.44. The molecule has 4 nitrogen and oxygen atoms in total. The summed E-state index contributed by atoms with van der Waals surface area (Å²) in [6, 6.07) is 14.5. The molecule has 2 aromatic rings. The Bertz CT molecular complexity index is 775. The summed E-state index contributed by atoms with van der Waals surface area (Å²) in [7, 11) is 0. The van der Waals surface area contributed by atoms with Crippen LogP contribution in [-0.2, 0) is 11.2 Å². The number of fused-ring (bicyclic) bond motifs is 1. The van der Waals surface area contributed by atoms with E-state index in [9.17, 15) is 9.59 Å². The fourth-order valence-electron chi connectivity index (χ4n) is 2.98. The molecule has 124 valence electrons. The van der Waals surface area contributed by atoms with Crippen LogP contribution in [0.2, 0.25) is 0 Å². The van der Waals surface area contributed by atoms with Gasteiger partial charge in [0, 0.05) is 16.7 Å². The highest BCUT2D eigenvalue weighted by molar-refractivity contribution is 9.10. The van der Waals surface area contributed by atoms with Crippen LogP contribution in [0, 0.1) is 0 Å². The molecule has 1 aliphatic heterocycles. The second-order valence-electron chi connectivity index (χ2n) is 5.90. The van der Waals surface area contributed by atoms with Crippen LogP contribution in [-0.4, -0.2) is 24.4 Å². The van der Waals surface area contributed by atoms with Crippen LogP contribution >= 0.6 is 15.9 Å². The minimum atomic E-state index is -0.587. The number of hydrogen-bond acceptors (Lipinski definition) is 2. The summed E-state index contributed by atoms with van der Waals surface area (Å²) in [5.41, 5.74) is 2.66. The first-order valence-corrected chi connectivity index (χ1v) is 8.82. The van der Waals surface area contributed by atoms with Gasteiger partial charge >= 0.3 is 0 Å². The van der Waals surface area contributed by atoms with Crippen molar-refractivity contribution in [3.63, 3.8) is 0 Å². The summed E-state index contributed by atoms with van der Waals surface area (Å²) < 4.78 is 0.713. The number of rotatable bonds is 3. The molecule has 0 spiro atoms. The largest absolute Gasteiger partial charge is 0.340 e. The predicted molar refractivity (Wildman–Crippen MR) is 98.2 cm³/mol. The van der Waals surface area contributed by atoms with Crippen LogP contribution in [0.25, 0.3) is 0 Å². The zero-order valence-electron chi connectivity index (χ0n) is 13.5. The molecule has 1 atom stereocenters. The van der Waals surface area contributed by atoms with E-state index in [1.54, 1.807) is 24.0 Å². The van der Waals surface area contributed by atoms with E-state index >= 15 is 0 Å². The first kappa shape index (κ1) is 16.7. The molecule has 0 saturated carbocycles. The third-order valence-electron chi connectivity index (χ3n) is 4.21. The highest BCUT2D eigenvalue weighted by Gasteiger charge is 2.27. The number of halogens is 1. The van der Waals surface area contributed by atoms with Crippen molar-refractivity contribution in [3.05, 3.63) is 64.1 Å². The van der Waals surface area contributed by atoms with Gasteiger partial charge in [0.1, 0.15) is 6.04 Å². The van der Waals surface area contributed by atoms with Crippen molar-refractivity contribution >= 4 is 33.4 Å². The van der Waals surface area contributed by atoms with Crippen molar-refractivity contribution < 1.29 is 9.59 Å². The number of nitrogens with zero attached hydrogens (tertiary/aromatic N) is 1. The molecule has 2 amide bonds. The van der Waals surface area contributed by atoms with Gasteiger partial charge in [-0.1, -0.05) is 30.3 Å². The fraction of sp³-hybridized carbons (Fsp3) is 0.263. The van der Waals surface area contributed by atoms with Gasteiger partial charge in [-0.2, -0.15) is 0 Å². The zero-order valence-corrected chi connectivity index (χ0v) is 15.0. The predicted octanol–water partition coefficient (Wildman–Crippen LogP) is 3.55. The number of carbonyl (C=O) groups excluding carboxylic acids is 2. The molecule has 0 fully saturated rings. The van der Waals surface area contributed by atoms with Gasteiger partial charge in [-0.25, -0.2) is 0 Å². The van der Waals surface area contributed by atoms with Crippen LogP contribution in [0.3, 0.4) is 0 Å². The van der Waals surface area contributed by atoms with E-state index in [4.69, 9.17) is 0 Å². The van der Waals surface area contributed by atoms with Gasteiger partial charge in [-0.3, -0.25) is 9.59 Å². The number of nitrogens with one attached hydrogen (secondary N) is 1. The molecule has 0 radical (unpaired) electrons. The lowest BCUT2D eigenvalue weighted by molar-refractivity contribution is -0.120. The van der Waals surface area contributed by atoms with E-state index in [2.05, 4.69) is 27.3 Å². The Labute approximate surface area is 150 Å². The van der Waals surface area contributed by atoms with Gasteiger partial charge in [0.05, 0.1) is 5.56 Å². The Balaban J connectivity index is 1.74. The average molecular weight is 387 g/mol. The first-order chi connectivity index (χ1) is 11.6. The quantitative estimate of drug-likeness (QED) is 0.876. The number of amides is 2. The van der Waals surface area contributed by atoms with E-state index in [0.29, 0.717) is 16.6 Å². The van der Waals surface area contributed by atoms with Crippen LogP contribution in [0.1, 0.15) is 29.3 Å². The topological polar surface area (TPSA) is 49.4 Å². The van der Waals surface area contributed by atoms with E-state index in [-0.39, 0.29) is 11.8 Å². The van der Waals surface area contributed by atoms with E-state index < -0.39 is 6.04 Å². The Hall–Kier alpha value is -2.14. The third-order valence-corrected chi connectivity index (χ3v) is 4.90. The molecule has 1 heterocycles. The van der Waals surface area contributed by atoms with Gasteiger partial charge < -0.3 is 10.2 Å². The maximum atomic E-state index is 12.8. The smallest absolute Gasteiger partial charge is 0.253 e. The minimum Gasteiger partial charge on any atom is -0.340 e. The van der Waals surface area contributed by atoms with Crippen LogP contribution < -0.4 is 10.2 Å². The van der Waals surface area contributed by atoms with Gasteiger partial charge in [-0.05, 0) is 59.5 Å². The summed E-state index contributed by atoms with van der Waals surface area (Å²) in [6.45, 7) is 2.42. The molecule has 0 saturated heterocycles. The Morgan fingerprint density at radius 1 is 1.12 bits per heavy atom. The Morgan fingerprint density at radius 2 is 1.83 bits per heavy atom. The van der Waals surface area contributed by atoms with Gasteiger partial charge in [-0.15, -0.1) is 0 Å². The minimum absolute atomic E-state index is 0.0810. The molecular formula is C19H19BrN2O2. The number of aryl methyl sites for hydroxylation is 1. The molecule has 0 aromatic heterocycles. The highest BCUT2D eigenvalue weighted by atomic mass is 79.9. The maximum absolute atomic E-state index is 12.8. The molecule has 1 aliphatic rings. The van der Waals surface area contributed by atoms with E-state index in [0.717, 1.165) is 18.5 Å². The van der Waals surface area contributed by atoms with Crippen LogP contribution in [0.5, 0.6) is 0 Å². The standard InChI is InChI=1S/C19H19BrN2O2/c1-13(21-18(23)15-9-3-4-10-16(15)20)19(24)22-12-6-8-14-7-2-5-11-17(14)22/h2-5,7,9-11,13H,6,8,12H2,1H3,(H,21,23)/t13-/m1/s1. The lowest BCUT2D eigenvalue weighted by Gasteiger charge is -2.31. The van der Waals surface area contributed by atoms with Crippen molar-refractivity contribution in [3.8, 4) is 0 Å². The molecule has 1 N–H and O–H groups in total. The van der Waals surface area contributed by atoms with E-state index in [1.807, 2.05) is 30.3 Å². The van der Waals surface area contributed by atoms with Gasteiger partial charge in [0.25, 0.3) is 5.91 Å². The number of para-hydroxylation sites is 1. The average Bonchev–Trinajstić information content (AvgIpc) is 2.60. The van der Waals surface area contributed by atoms with Crippen LogP contribution in [0.15, 0.2) is 53.0 Å². The second kappa shape index (κ2) is 7.18. The monoisotopic (exact) mass is 386 g/mol. The van der Waals surface area contributed by atoms with Crippen molar-refractivity contribution in [1.82, 2.24) is 5.32 Å². The zero-order chi connectivity index (χ0) is 17.1. The lowest BCUT2D eigenvalue weighted by atomic mass is 10.0. The SMILES string of the molecule is C[C@@H](NC(=O)c1ccccc1Br)C(=O)N1CCCc2ccccc21. The molecule has 0 bridgehead atoms. The maximum Gasteiger partial charge on any atom is 0.253 e. The third kappa shape index (κ3) is 3.36. The summed E-state index contributed by atoms with van der Waals surface area (Å²) in [6.07, 6.45) is 1.92. The highest BCUT2D eigenvalue weighted by Crippen LogP contribution is 2.27. The summed E-state index contributed by atoms with van der Waals surface area (Å²) >= 11 is 3.37. The number of carbonyl (C=O) groups is 2. The van der Waals surface area contributed by atoms with Gasteiger partial charge in [0.15, 0.2) is 0 Å². The van der Waals surface area contributed by atoms with Crippen molar-refractivity contribution in [2.24, 2.45) is 0 Å². The molecule has 2 aromatic carbocycles. The van der Waals surface area contributed by atoms with Gasteiger partial charge in [0.2, 0.25) is 5.91 Å². The molecule has 3 rings (SSSR count). The summed E-state index contributed by atoms with van der Waals surface area (Å²) in [5, 5.41) is 2.80. The number of benzene rings is 2. The normalized spacial score (nSPS) is 14.7. The molecule has 0 aliphatic carbocycles. The van der Waals surface area contributed by atoms with Crippen molar-refractivity contribution in [1.29, 1.82) is 0 Å². The Kier molecular flexibility index (Phi) is 5.00.